The van der Waals surface area contributed by atoms with Crippen LogP contribution in [0, 0.1) is 5.82 Å². The lowest BCUT2D eigenvalue weighted by atomic mass is 10.2. The zero-order chi connectivity index (χ0) is 19.2. The second-order valence-electron chi connectivity index (χ2n) is 6.57. The van der Waals surface area contributed by atoms with Crippen molar-refractivity contribution in [3.05, 3.63) is 58.9 Å². The summed E-state index contributed by atoms with van der Waals surface area (Å²) >= 11 is 6.04. The first-order chi connectivity index (χ1) is 13.0. The lowest BCUT2D eigenvalue weighted by molar-refractivity contribution is -0.117. The van der Waals surface area contributed by atoms with Crippen LogP contribution in [0.15, 0.2) is 42.5 Å². The number of hydrogen-bond acceptors (Lipinski definition) is 4. The zero-order valence-electron chi connectivity index (χ0n) is 15.3. The van der Waals surface area contributed by atoms with Crippen molar-refractivity contribution < 1.29 is 13.9 Å². The van der Waals surface area contributed by atoms with Crippen LogP contribution in [0.2, 0.25) is 5.02 Å². The molecule has 2 aromatic carbocycles. The number of carbonyl (C=O) groups excluding carboxylic acids is 1. The molecule has 0 radical (unpaired) electrons. The highest BCUT2D eigenvalue weighted by Crippen LogP contribution is 2.21. The third-order valence-electron chi connectivity index (χ3n) is 4.43. The molecule has 3 rings (SSSR count). The van der Waals surface area contributed by atoms with Crippen LogP contribution < -0.4 is 10.2 Å². The van der Waals surface area contributed by atoms with Gasteiger partial charge in [-0.15, -0.1) is 0 Å². The smallest absolute Gasteiger partial charge is 0.238 e. The maximum atomic E-state index is 13.9. The van der Waals surface area contributed by atoms with E-state index in [-0.39, 0.29) is 24.8 Å². The number of likely N-dealkylation sites (N-methyl/N-ethyl adjacent to an activating group) is 1. The summed E-state index contributed by atoms with van der Waals surface area (Å²) in [7, 11) is 1.75. The SMILES string of the molecule is CN(CC(=O)Nc1ccc(N2CCOCC2)cc1)Cc1c(F)cccc1Cl. The van der Waals surface area contributed by atoms with Gasteiger partial charge in [-0.3, -0.25) is 9.69 Å². The molecular formula is C20H23ClFN3O2. The fourth-order valence-electron chi connectivity index (χ4n) is 3.03. The Kier molecular flexibility index (Phi) is 6.66. The number of nitrogens with one attached hydrogen (secondary N) is 1. The van der Waals surface area contributed by atoms with Crippen LogP contribution in [-0.2, 0) is 16.1 Å². The van der Waals surface area contributed by atoms with Gasteiger partial charge in [-0.25, -0.2) is 4.39 Å². The minimum Gasteiger partial charge on any atom is -0.378 e. The molecule has 1 aliphatic rings. The van der Waals surface area contributed by atoms with E-state index in [2.05, 4.69) is 10.2 Å². The van der Waals surface area contributed by atoms with Crippen molar-refractivity contribution in [2.45, 2.75) is 6.54 Å². The highest BCUT2D eigenvalue weighted by molar-refractivity contribution is 6.31. The maximum Gasteiger partial charge on any atom is 0.238 e. The third kappa shape index (κ3) is 5.42. The molecule has 0 aliphatic carbocycles. The Bertz CT molecular complexity index is 759. The van der Waals surface area contributed by atoms with Gasteiger partial charge >= 0.3 is 0 Å². The van der Waals surface area contributed by atoms with Crippen molar-refractivity contribution in [3.8, 4) is 0 Å². The molecule has 0 saturated carbocycles. The van der Waals surface area contributed by atoms with Gasteiger partial charge in [-0.05, 0) is 43.4 Å². The van der Waals surface area contributed by atoms with Gasteiger partial charge in [0.2, 0.25) is 5.91 Å². The second kappa shape index (κ2) is 9.17. The molecule has 27 heavy (non-hydrogen) atoms. The Morgan fingerprint density at radius 2 is 1.93 bits per heavy atom. The van der Waals surface area contributed by atoms with E-state index in [4.69, 9.17) is 16.3 Å². The molecule has 1 aliphatic heterocycles. The molecule has 0 spiro atoms. The standard InChI is InChI=1S/C20H23ClFN3O2/c1-24(13-17-18(21)3-2-4-19(17)22)14-20(26)23-15-5-7-16(8-6-15)25-9-11-27-12-10-25/h2-8H,9-14H2,1H3,(H,23,26). The summed E-state index contributed by atoms with van der Waals surface area (Å²) in [4.78, 5) is 16.2. The molecule has 1 saturated heterocycles. The first-order valence-electron chi connectivity index (χ1n) is 8.87. The van der Waals surface area contributed by atoms with Crippen LogP contribution >= 0.6 is 11.6 Å². The number of rotatable bonds is 6. The van der Waals surface area contributed by atoms with Crippen LogP contribution in [0.1, 0.15) is 5.56 Å². The van der Waals surface area contributed by atoms with E-state index in [1.807, 2.05) is 24.3 Å². The van der Waals surface area contributed by atoms with Crippen LogP contribution in [0.3, 0.4) is 0 Å². The topological polar surface area (TPSA) is 44.8 Å². The Balaban J connectivity index is 1.52. The molecule has 0 unspecified atom stereocenters. The first-order valence-corrected chi connectivity index (χ1v) is 9.25. The number of anilines is 2. The Hall–Kier alpha value is -2.15. The average Bonchev–Trinajstić information content (AvgIpc) is 2.66. The number of amides is 1. The molecule has 144 valence electrons. The largest absolute Gasteiger partial charge is 0.378 e. The summed E-state index contributed by atoms with van der Waals surface area (Å²) in [6, 6.07) is 12.3. The van der Waals surface area contributed by atoms with Gasteiger partial charge in [0.05, 0.1) is 19.8 Å². The van der Waals surface area contributed by atoms with E-state index in [1.165, 1.54) is 6.07 Å². The average molecular weight is 392 g/mol. The number of hydrogen-bond donors (Lipinski definition) is 1. The highest BCUT2D eigenvalue weighted by atomic mass is 35.5. The second-order valence-corrected chi connectivity index (χ2v) is 6.97. The van der Waals surface area contributed by atoms with E-state index in [9.17, 15) is 9.18 Å². The lowest BCUT2D eigenvalue weighted by Crippen LogP contribution is -2.36. The van der Waals surface area contributed by atoms with Crippen molar-refractivity contribution in [1.29, 1.82) is 0 Å². The molecule has 7 heteroatoms. The molecule has 2 aromatic rings. The molecular weight excluding hydrogens is 369 g/mol. The van der Waals surface area contributed by atoms with Crippen molar-refractivity contribution in [2.75, 3.05) is 50.1 Å². The lowest BCUT2D eigenvalue weighted by Gasteiger charge is -2.28. The fourth-order valence-corrected chi connectivity index (χ4v) is 3.25. The summed E-state index contributed by atoms with van der Waals surface area (Å²) in [5.41, 5.74) is 2.24. The van der Waals surface area contributed by atoms with Gasteiger partial charge in [-0.2, -0.15) is 0 Å². The molecule has 0 bridgehead atoms. The molecule has 1 amide bonds. The molecule has 1 fully saturated rings. The summed E-state index contributed by atoms with van der Waals surface area (Å²) in [5, 5.41) is 3.23. The van der Waals surface area contributed by atoms with Gasteiger partial charge in [-0.1, -0.05) is 17.7 Å². The molecule has 0 atom stereocenters. The minimum absolute atomic E-state index is 0.135. The van der Waals surface area contributed by atoms with E-state index < -0.39 is 0 Å². The van der Waals surface area contributed by atoms with Crippen molar-refractivity contribution in [2.24, 2.45) is 0 Å². The first kappa shape index (κ1) is 19.6. The predicted octanol–water partition coefficient (Wildman–Crippen LogP) is 3.39. The fraction of sp³-hybridized carbons (Fsp3) is 0.350. The van der Waals surface area contributed by atoms with E-state index >= 15 is 0 Å². The normalized spacial score (nSPS) is 14.4. The zero-order valence-corrected chi connectivity index (χ0v) is 16.0. The molecule has 5 nitrogen and oxygen atoms in total. The van der Waals surface area contributed by atoms with E-state index in [1.54, 1.807) is 24.1 Å². The number of morpholine rings is 1. The van der Waals surface area contributed by atoms with Crippen LogP contribution in [-0.4, -0.2) is 50.7 Å². The van der Waals surface area contributed by atoms with Crippen molar-refractivity contribution >= 4 is 28.9 Å². The highest BCUT2D eigenvalue weighted by Gasteiger charge is 2.14. The Morgan fingerprint density at radius 1 is 1.22 bits per heavy atom. The predicted molar refractivity (Wildman–Crippen MR) is 106 cm³/mol. The Morgan fingerprint density at radius 3 is 2.59 bits per heavy atom. The van der Waals surface area contributed by atoms with Gasteiger partial charge in [0, 0.05) is 41.6 Å². The van der Waals surface area contributed by atoms with Crippen LogP contribution in [0.25, 0.3) is 0 Å². The van der Waals surface area contributed by atoms with E-state index in [0.717, 1.165) is 37.7 Å². The molecule has 0 aromatic heterocycles. The summed E-state index contributed by atoms with van der Waals surface area (Å²) < 4.78 is 19.2. The summed E-state index contributed by atoms with van der Waals surface area (Å²) in [6.45, 7) is 3.60. The number of benzene rings is 2. The van der Waals surface area contributed by atoms with E-state index in [0.29, 0.717) is 10.6 Å². The quantitative estimate of drug-likeness (QED) is 0.819. The Labute approximate surface area is 163 Å². The van der Waals surface area contributed by atoms with Crippen molar-refractivity contribution in [1.82, 2.24) is 4.90 Å². The van der Waals surface area contributed by atoms with Gasteiger partial charge in [0.15, 0.2) is 0 Å². The van der Waals surface area contributed by atoms with Gasteiger partial charge in [0.1, 0.15) is 5.82 Å². The molecule has 1 N–H and O–H groups in total. The van der Waals surface area contributed by atoms with Gasteiger partial charge < -0.3 is 15.0 Å². The number of halogens is 2. The minimum atomic E-state index is -0.367. The number of ether oxygens (including phenoxy) is 1. The monoisotopic (exact) mass is 391 g/mol. The maximum absolute atomic E-state index is 13.9. The van der Waals surface area contributed by atoms with Crippen LogP contribution in [0.4, 0.5) is 15.8 Å². The summed E-state index contributed by atoms with van der Waals surface area (Å²) in [6.07, 6.45) is 0. The number of carbonyl (C=O) groups is 1. The third-order valence-corrected chi connectivity index (χ3v) is 4.78. The van der Waals surface area contributed by atoms with Crippen molar-refractivity contribution in [3.63, 3.8) is 0 Å². The number of nitrogens with zero attached hydrogens (tertiary/aromatic N) is 2. The van der Waals surface area contributed by atoms with Crippen LogP contribution in [0.5, 0.6) is 0 Å². The van der Waals surface area contributed by atoms with Gasteiger partial charge in [0.25, 0.3) is 0 Å². The summed E-state index contributed by atoms with van der Waals surface area (Å²) in [5.74, 6) is -0.530. The molecule has 1 heterocycles.